The van der Waals surface area contributed by atoms with E-state index in [2.05, 4.69) is 29.3 Å². The normalized spacial score (nSPS) is 19.2. The lowest BCUT2D eigenvalue weighted by Crippen LogP contribution is -2.39. The Morgan fingerprint density at radius 2 is 2.25 bits per heavy atom. The summed E-state index contributed by atoms with van der Waals surface area (Å²) < 4.78 is 10.9. The fourth-order valence-electron chi connectivity index (χ4n) is 3.63. The number of nitrogens with one attached hydrogen (secondary N) is 1. The Kier molecular flexibility index (Phi) is 5.02. The Bertz CT molecular complexity index is 892. The van der Waals surface area contributed by atoms with Crippen molar-refractivity contribution in [3.63, 3.8) is 0 Å². The molecule has 0 aliphatic carbocycles. The molecule has 148 valence electrons. The van der Waals surface area contributed by atoms with Crippen LogP contribution in [-0.4, -0.2) is 46.6 Å². The number of rotatable bonds is 4. The molecule has 0 saturated carbocycles. The summed E-state index contributed by atoms with van der Waals surface area (Å²) in [4.78, 5) is 30.7. The Balaban J connectivity index is 1.46. The van der Waals surface area contributed by atoms with E-state index < -0.39 is 0 Å². The van der Waals surface area contributed by atoms with Crippen molar-refractivity contribution in [2.45, 2.75) is 39.0 Å². The van der Waals surface area contributed by atoms with Crippen molar-refractivity contribution in [2.24, 2.45) is 5.92 Å². The molecule has 1 N–H and O–H groups in total. The minimum absolute atomic E-state index is 0.0354. The third-order valence-electron chi connectivity index (χ3n) is 4.99. The maximum atomic E-state index is 13.0. The highest BCUT2D eigenvalue weighted by Gasteiger charge is 2.30. The molecule has 8 nitrogen and oxygen atoms in total. The van der Waals surface area contributed by atoms with Crippen molar-refractivity contribution in [3.8, 4) is 5.75 Å². The molecule has 1 aromatic heterocycles. The van der Waals surface area contributed by atoms with Crippen molar-refractivity contribution in [1.82, 2.24) is 15.0 Å². The van der Waals surface area contributed by atoms with Gasteiger partial charge in [0.05, 0.1) is 11.6 Å². The minimum Gasteiger partial charge on any atom is -0.482 e. The van der Waals surface area contributed by atoms with E-state index in [1.807, 2.05) is 4.90 Å². The Morgan fingerprint density at radius 3 is 3.07 bits per heavy atom. The lowest BCUT2D eigenvalue weighted by Gasteiger charge is -2.31. The van der Waals surface area contributed by atoms with E-state index in [1.165, 1.54) is 0 Å². The molecule has 2 aromatic rings. The molecule has 3 heterocycles. The molecule has 0 bridgehead atoms. The van der Waals surface area contributed by atoms with Gasteiger partial charge in [0.2, 0.25) is 5.89 Å². The van der Waals surface area contributed by atoms with Gasteiger partial charge in [0.1, 0.15) is 5.75 Å². The van der Waals surface area contributed by atoms with Crippen molar-refractivity contribution >= 4 is 17.5 Å². The third-order valence-corrected chi connectivity index (χ3v) is 4.99. The van der Waals surface area contributed by atoms with Crippen LogP contribution in [0.4, 0.5) is 5.69 Å². The lowest BCUT2D eigenvalue weighted by molar-refractivity contribution is -0.118. The zero-order valence-corrected chi connectivity index (χ0v) is 16.1. The first-order valence-corrected chi connectivity index (χ1v) is 9.68. The summed E-state index contributed by atoms with van der Waals surface area (Å²) in [6.45, 7) is 5.44. The van der Waals surface area contributed by atoms with E-state index in [9.17, 15) is 9.59 Å². The average molecular weight is 384 g/mol. The number of aromatic nitrogens is 2. The van der Waals surface area contributed by atoms with Crippen LogP contribution in [0.5, 0.6) is 5.75 Å². The third kappa shape index (κ3) is 3.85. The van der Waals surface area contributed by atoms with Crippen molar-refractivity contribution in [3.05, 3.63) is 35.5 Å². The van der Waals surface area contributed by atoms with Crippen molar-refractivity contribution in [1.29, 1.82) is 0 Å². The summed E-state index contributed by atoms with van der Waals surface area (Å²) in [6, 6.07) is 5.11. The molecule has 2 aliphatic rings. The number of nitrogens with zero attached hydrogens (tertiary/aromatic N) is 3. The highest BCUT2D eigenvalue weighted by molar-refractivity contribution is 5.99. The van der Waals surface area contributed by atoms with Gasteiger partial charge < -0.3 is 19.5 Å². The highest BCUT2D eigenvalue weighted by atomic mass is 16.5. The number of fused-ring (bicyclic) bond motifs is 1. The number of hydrogen-bond acceptors (Lipinski definition) is 6. The molecule has 2 aliphatic heterocycles. The average Bonchev–Trinajstić information content (AvgIpc) is 3.15. The first-order valence-electron chi connectivity index (χ1n) is 9.68. The predicted octanol–water partition coefficient (Wildman–Crippen LogP) is 2.62. The van der Waals surface area contributed by atoms with Crippen LogP contribution >= 0.6 is 0 Å². The maximum Gasteiger partial charge on any atom is 0.262 e. The van der Waals surface area contributed by atoms with Gasteiger partial charge in [-0.05, 0) is 37.0 Å². The molecule has 1 unspecified atom stereocenters. The van der Waals surface area contributed by atoms with E-state index in [4.69, 9.17) is 9.26 Å². The van der Waals surface area contributed by atoms with Crippen molar-refractivity contribution < 1.29 is 18.8 Å². The fraction of sp³-hybridized carbons (Fsp3) is 0.500. The predicted molar refractivity (Wildman–Crippen MR) is 101 cm³/mol. The number of anilines is 1. The van der Waals surface area contributed by atoms with Gasteiger partial charge in [-0.3, -0.25) is 9.59 Å². The summed E-state index contributed by atoms with van der Waals surface area (Å²) in [5, 5.41) is 6.81. The van der Waals surface area contributed by atoms with Crippen LogP contribution in [0.3, 0.4) is 0 Å². The molecule has 28 heavy (non-hydrogen) atoms. The van der Waals surface area contributed by atoms with Gasteiger partial charge in [-0.2, -0.15) is 4.98 Å². The SMILES string of the molecule is CC(C)Cc1noc(C2CCCN(C(=O)c3ccc4c(c3)OCC(=O)N4)C2)n1. The summed E-state index contributed by atoms with van der Waals surface area (Å²) in [6.07, 6.45) is 2.59. The second-order valence-electron chi connectivity index (χ2n) is 7.78. The molecule has 0 radical (unpaired) electrons. The molecular formula is C20H24N4O4. The fourth-order valence-corrected chi connectivity index (χ4v) is 3.63. The number of piperidine rings is 1. The van der Waals surface area contributed by atoms with E-state index in [-0.39, 0.29) is 24.3 Å². The van der Waals surface area contributed by atoms with Gasteiger partial charge in [-0.15, -0.1) is 0 Å². The molecule has 0 spiro atoms. The first kappa shape index (κ1) is 18.5. The summed E-state index contributed by atoms with van der Waals surface area (Å²) in [5.74, 6) is 2.13. The molecular weight excluding hydrogens is 360 g/mol. The lowest BCUT2D eigenvalue weighted by atomic mass is 9.97. The van der Waals surface area contributed by atoms with Crippen LogP contribution in [-0.2, 0) is 11.2 Å². The second kappa shape index (κ2) is 7.61. The zero-order valence-electron chi connectivity index (χ0n) is 16.1. The van der Waals surface area contributed by atoms with Crippen LogP contribution in [0, 0.1) is 5.92 Å². The number of ether oxygens (including phenoxy) is 1. The molecule has 1 aromatic carbocycles. The summed E-state index contributed by atoms with van der Waals surface area (Å²) in [7, 11) is 0. The van der Waals surface area contributed by atoms with Gasteiger partial charge in [-0.1, -0.05) is 19.0 Å². The van der Waals surface area contributed by atoms with Crippen LogP contribution in [0.1, 0.15) is 54.7 Å². The molecule has 1 fully saturated rings. The largest absolute Gasteiger partial charge is 0.482 e. The molecule has 1 saturated heterocycles. The molecule has 2 amide bonds. The minimum atomic E-state index is -0.193. The van der Waals surface area contributed by atoms with Gasteiger partial charge in [0.15, 0.2) is 12.4 Å². The maximum absolute atomic E-state index is 13.0. The van der Waals surface area contributed by atoms with Crippen LogP contribution in [0.2, 0.25) is 0 Å². The number of likely N-dealkylation sites (tertiary alicyclic amines) is 1. The van der Waals surface area contributed by atoms with E-state index >= 15 is 0 Å². The zero-order chi connectivity index (χ0) is 19.7. The first-order chi connectivity index (χ1) is 13.5. The molecule has 8 heteroatoms. The van der Waals surface area contributed by atoms with Gasteiger partial charge in [-0.25, -0.2) is 0 Å². The topological polar surface area (TPSA) is 97.6 Å². The van der Waals surface area contributed by atoms with E-state index in [1.54, 1.807) is 18.2 Å². The highest BCUT2D eigenvalue weighted by Crippen LogP contribution is 2.31. The molecule has 4 rings (SSSR count). The summed E-state index contributed by atoms with van der Waals surface area (Å²) >= 11 is 0. The number of hydrogen-bond donors (Lipinski definition) is 1. The Labute approximate surface area is 163 Å². The van der Waals surface area contributed by atoms with Crippen LogP contribution < -0.4 is 10.1 Å². The number of carbonyl (C=O) groups excluding carboxylic acids is 2. The van der Waals surface area contributed by atoms with Gasteiger partial charge in [0, 0.05) is 25.1 Å². The van der Waals surface area contributed by atoms with Crippen LogP contribution in [0.25, 0.3) is 0 Å². The smallest absolute Gasteiger partial charge is 0.262 e. The van der Waals surface area contributed by atoms with E-state index in [0.29, 0.717) is 41.9 Å². The monoisotopic (exact) mass is 384 g/mol. The van der Waals surface area contributed by atoms with Gasteiger partial charge >= 0.3 is 0 Å². The van der Waals surface area contributed by atoms with Crippen molar-refractivity contribution in [2.75, 3.05) is 25.0 Å². The van der Waals surface area contributed by atoms with E-state index in [0.717, 1.165) is 25.1 Å². The van der Waals surface area contributed by atoms with Gasteiger partial charge in [0.25, 0.3) is 11.8 Å². The molecule has 1 atom stereocenters. The second-order valence-corrected chi connectivity index (χ2v) is 7.78. The number of carbonyl (C=O) groups is 2. The quantitative estimate of drug-likeness (QED) is 0.870. The van der Waals surface area contributed by atoms with Crippen LogP contribution in [0.15, 0.2) is 22.7 Å². The number of benzene rings is 1. The summed E-state index contributed by atoms with van der Waals surface area (Å²) in [5.41, 5.74) is 1.13. The Morgan fingerprint density at radius 1 is 1.39 bits per heavy atom. The Hall–Kier alpha value is -2.90. The standard InChI is InChI=1S/C20H24N4O4/c1-12(2)8-17-22-19(28-23-17)14-4-3-7-24(10-14)20(26)13-5-6-15-16(9-13)27-11-18(25)21-15/h5-6,9,12,14H,3-4,7-8,10-11H2,1-2H3,(H,21,25). The number of amides is 2.